The van der Waals surface area contributed by atoms with Crippen molar-refractivity contribution in [2.45, 2.75) is 16.7 Å². The molecule has 2 aromatic carbocycles. The summed E-state index contributed by atoms with van der Waals surface area (Å²) in [5.74, 6) is 0.0335. The summed E-state index contributed by atoms with van der Waals surface area (Å²) in [5.41, 5.74) is 12.4. The number of likely N-dealkylation sites (N-methyl/N-ethyl adjacent to an activating group) is 1. The minimum Gasteiger partial charge on any atom is -0.399 e. The van der Waals surface area contributed by atoms with E-state index in [0.717, 1.165) is 16.9 Å². The monoisotopic (exact) mass is 411 g/mol. The molecule has 0 radical (unpaired) electrons. The van der Waals surface area contributed by atoms with Crippen LogP contribution in [0.3, 0.4) is 0 Å². The zero-order valence-corrected chi connectivity index (χ0v) is 16.8. The second kappa shape index (κ2) is 10.5. The number of anilines is 2. The van der Waals surface area contributed by atoms with Gasteiger partial charge in [-0.3, -0.25) is 0 Å². The van der Waals surface area contributed by atoms with Gasteiger partial charge < -0.3 is 16.4 Å². The number of sulfone groups is 1. The first kappa shape index (κ1) is 21.5. The Morgan fingerprint density at radius 2 is 1.56 bits per heavy atom. The van der Waals surface area contributed by atoms with E-state index < -0.39 is 9.84 Å². The van der Waals surface area contributed by atoms with Crippen LogP contribution in [0.2, 0.25) is 0 Å². The highest BCUT2D eigenvalue weighted by molar-refractivity contribution is 7.94. The standard InChI is InChI=1S/C18H25N3O4S2/c1-2-21(11-13-24-25-26-17-7-3-15(19)4-8-17)12-14-27(22,23)18-9-5-16(20)6-10-18/h3-10H,2,11-14,19-20H2,1H3. The molecule has 0 spiro atoms. The van der Waals surface area contributed by atoms with E-state index in [1.165, 1.54) is 12.1 Å². The normalized spacial score (nSPS) is 11.8. The van der Waals surface area contributed by atoms with Crippen molar-refractivity contribution in [1.29, 1.82) is 0 Å². The van der Waals surface area contributed by atoms with Gasteiger partial charge in [-0.05, 0) is 55.1 Å². The summed E-state index contributed by atoms with van der Waals surface area (Å²) >= 11 is 1.10. The summed E-state index contributed by atoms with van der Waals surface area (Å²) in [6.45, 7) is 4.00. The summed E-state index contributed by atoms with van der Waals surface area (Å²) in [6, 6.07) is 13.5. The predicted octanol–water partition coefficient (Wildman–Crippen LogP) is 2.60. The molecule has 0 aliphatic rings. The lowest BCUT2D eigenvalue weighted by atomic mass is 10.3. The van der Waals surface area contributed by atoms with Crippen LogP contribution in [-0.2, 0) is 19.1 Å². The van der Waals surface area contributed by atoms with Gasteiger partial charge in [-0.25, -0.2) is 13.3 Å². The number of rotatable bonds is 11. The number of benzene rings is 2. The molecule has 148 valence electrons. The Morgan fingerprint density at radius 1 is 0.963 bits per heavy atom. The van der Waals surface area contributed by atoms with E-state index >= 15 is 0 Å². The van der Waals surface area contributed by atoms with Gasteiger partial charge in [0.15, 0.2) is 9.84 Å². The van der Waals surface area contributed by atoms with Crippen LogP contribution in [-0.4, -0.2) is 45.3 Å². The molecule has 7 nitrogen and oxygen atoms in total. The van der Waals surface area contributed by atoms with E-state index in [1.807, 2.05) is 24.0 Å². The van der Waals surface area contributed by atoms with Crippen LogP contribution in [0.25, 0.3) is 0 Å². The van der Waals surface area contributed by atoms with E-state index in [1.54, 1.807) is 24.3 Å². The van der Waals surface area contributed by atoms with E-state index in [2.05, 4.69) is 0 Å². The fourth-order valence-electron chi connectivity index (χ4n) is 2.26. The van der Waals surface area contributed by atoms with Crippen LogP contribution in [0, 0.1) is 0 Å². The molecular weight excluding hydrogens is 386 g/mol. The van der Waals surface area contributed by atoms with Gasteiger partial charge in [0.05, 0.1) is 29.3 Å². The Balaban J connectivity index is 1.70. The SMILES string of the molecule is CCN(CCOOSc1ccc(N)cc1)CCS(=O)(=O)c1ccc(N)cc1. The van der Waals surface area contributed by atoms with Crippen molar-refractivity contribution in [2.24, 2.45) is 0 Å². The summed E-state index contributed by atoms with van der Waals surface area (Å²) in [7, 11) is -3.34. The molecule has 0 fully saturated rings. The first-order chi connectivity index (χ1) is 12.9. The fraction of sp³-hybridized carbons (Fsp3) is 0.333. The molecule has 27 heavy (non-hydrogen) atoms. The maximum absolute atomic E-state index is 12.4. The van der Waals surface area contributed by atoms with E-state index in [0.29, 0.717) is 37.6 Å². The molecule has 9 heteroatoms. The van der Waals surface area contributed by atoms with Crippen LogP contribution in [0.4, 0.5) is 11.4 Å². The lowest BCUT2D eigenvalue weighted by molar-refractivity contribution is -0.193. The largest absolute Gasteiger partial charge is 0.399 e. The summed E-state index contributed by atoms with van der Waals surface area (Å²) in [4.78, 5) is 8.31. The smallest absolute Gasteiger partial charge is 0.179 e. The molecule has 4 N–H and O–H groups in total. The van der Waals surface area contributed by atoms with Crippen LogP contribution in [0.1, 0.15) is 6.92 Å². The highest BCUT2D eigenvalue weighted by Gasteiger charge is 2.16. The number of nitrogen functional groups attached to an aromatic ring is 2. The maximum atomic E-state index is 12.4. The van der Waals surface area contributed by atoms with E-state index in [9.17, 15) is 8.42 Å². The highest BCUT2D eigenvalue weighted by Crippen LogP contribution is 2.20. The number of hydrogen-bond donors (Lipinski definition) is 2. The number of nitrogens with zero attached hydrogens (tertiary/aromatic N) is 1. The molecule has 0 atom stereocenters. The second-order valence-corrected chi connectivity index (χ2v) is 8.75. The van der Waals surface area contributed by atoms with Crippen molar-refractivity contribution in [2.75, 3.05) is 43.5 Å². The zero-order chi connectivity index (χ0) is 19.7. The Bertz CT molecular complexity index is 796. The summed E-state index contributed by atoms with van der Waals surface area (Å²) in [6.07, 6.45) is 0. The summed E-state index contributed by atoms with van der Waals surface area (Å²) < 4.78 is 29.9. The molecule has 2 aromatic rings. The van der Waals surface area contributed by atoms with Gasteiger partial charge >= 0.3 is 0 Å². The quantitative estimate of drug-likeness (QED) is 0.191. The van der Waals surface area contributed by atoms with Gasteiger partial charge in [-0.15, -0.1) is 0 Å². The minimum atomic E-state index is -3.34. The lowest BCUT2D eigenvalue weighted by Crippen LogP contribution is -2.32. The Labute approximate surface area is 164 Å². The van der Waals surface area contributed by atoms with Gasteiger partial charge in [0.25, 0.3) is 0 Å². The first-order valence-electron chi connectivity index (χ1n) is 8.53. The lowest BCUT2D eigenvalue weighted by Gasteiger charge is -2.19. The fourth-order valence-corrected chi connectivity index (χ4v) is 3.98. The minimum absolute atomic E-state index is 0.0335. The van der Waals surface area contributed by atoms with E-state index in [-0.39, 0.29) is 10.6 Å². The average molecular weight is 412 g/mol. The van der Waals surface area contributed by atoms with Gasteiger partial charge in [0, 0.05) is 29.4 Å². The molecular formula is C18H25N3O4S2. The van der Waals surface area contributed by atoms with Crippen LogP contribution >= 0.6 is 12.0 Å². The number of hydrogen-bond acceptors (Lipinski definition) is 8. The average Bonchev–Trinajstić information content (AvgIpc) is 2.66. The van der Waals surface area contributed by atoms with Crippen molar-refractivity contribution >= 4 is 33.3 Å². The van der Waals surface area contributed by atoms with E-state index in [4.69, 9.17) is 20.7 Å². The topological polar surface area (TPSA) is 108 Å². The molecule has 0 unspecified atom stereocenters. The molecule has 0 saturated heterocycles. The summed E-state index contributed by atoms with van der Waals surface area (Å²) in [5, 5.41) is 0. The van der Waals surface area contributed by atoms with Crippen LogP contribution in [0.5, 0.6) is 0 Å². The Hall–Kier alpha value is -1.78. The van der Waals surface area contributed by atoms with Crippen molar-refractivity contribution in [3.05, 3.63) is 48.5 Å². The van der Waals surface area contributed by atoms with Crippen molar-refractivity contribution in [3.63, 3.8) is 0 Å². The third kappa shape index (κ3) is 7.39. The predicted molar refractivity (Wildman–Crippen MR) is 109 cm³/mol. The number of nitrogens with two attached hydrogens (primary N) is 2. The second-order valence-electron chi connectivity index (χ2n) is 5.86. The highest BCUT2D eigenvalue weighted by atomic mass is 32.2. The molecule has 0 amide bonds. The van der Waals surface area contributed by atoms with Crippen LogP contribution in [0.15, 0.2) is 58.3 Å². The van der Waals surface area contributed by atoms with Crippen molar-refractivity contribution in [3.8, 4) is 0 Å². The Morgan fingerprint density at radius 3 is 2.15 bits per heavy atom. The van der Waals surface area contributed by atoms with Crippen molar-refractivity contribution in [1.82, 2.24) is 4.90 Å². The molecule has 0 aromatic heterocycles. The maximum Gasteiger partial charge on any atom is 0.179 e. The molecule has 0 aliphatic heterocycles. The van der Waals surface area contributed by atoms with Crippen LogP contribution < -0.4 is 11.5 Å². The molecule has 0 heterocycles. The van der Waals surface area contributed by atoms with Gasteiger partial charge in [-0.2, -0.15) is 4.33 Å². The van der Waals surface area contributed by atoms with Crippen molar-refractivity contribution < 1.29 is 17.6 Å². The van der Waals surface area contributed by atoms with Gasteiger partial charge in [0.1, 0.15) is 0 Å². The molecule has 0 aliphatic carbocycles. The Kier molecular flexibility index (Phi) is 8.39. The first-order valence-corrected chi connectivity index (χ1v) is 10.9. The van der Waals surface area contributed by atoms with Gasteiger partial charge in [0.2, 0.25) is 0 Å². The van der Waals surface area contributed by atoms with Gasteiger partial charge in [-0.1, -0.05) is 6.92 Å². The molecule has 0 saturated carbocycles. The third-order valence-corrected chi connectivity index (χ3v) is 6.25. The third-order valence-electron chi connectivity index (χ3n) is 3.91. The molecule has 2 rings (SSSR count). The molecule has 0 bridgehead atoms. The zero-order valence-electron chi connectivity index (χ0n) is 15.2.